The van der Waals surface area contributed by atoms with Crippen LogP contribution in [0.5, 0.6) is 5.75 Å². The number of hydrogen-bond acceptors (Lipinski definition) is 5. The van der Waals surface area contributed by atoms with E-state index in [1.165, 1.54) is 6.07 Å². The Hall–Kier alpha value is -2.21. The Kier molecular flexibility index (Phi) is 5.95. The number of esters is 1. The number of pyridine rings is 1. The zero-order chi connectivity index (χ0) is 18.7. The Balaban J connectivity index is 2.34. The highest BCUT2D eigenvalue weighted by atomic mass is 19.1. The number of nitrogens with two attached hydrogens (primary N) is 1. The second-order valence-electron chi connectivity index (χ2n) is 6.74. The zero-order valence-corrected chi connectivity index (χ0v) is 15.3. The third-order valence-corrected chi connectivity index (χ3v) is 4.16. The second-order valence-corrected chi connectivity index (χ2v) is 6.74. The third-order valence-electron chi connectivity index (χ3n) is 4.16. The van der Waals surface area contributed by atoms with E-state index in [4.69, 9.17) is 15.2 Å². The lowest BCUT2D eigenvalue weighted by molar-refractivity contribution is -0.147. The van der Waals surface area contributed by atoms with Crippen LogP contribution in [0.4, 0.5) is 4.39 Å². The van der Waals surface area contributed by atoms with Gasteiger partial charge in [-0.05, 0) is 35.6 Å². The minimum Gasteiger partial charge on any atom is -0.494 e. The van der Waals surface area contributed by atoms with E-state index in [1.807, 2.05) is 26.0 Å². The van der Waals surface area contributed by atoms with Crippen LogP contribution < -0.4 is 10.5 Å². The third kappa shape index (κ3) is 4.25. The summed E-state index contributed by atoms with van der Waals surface area (Å²) in [5.74, 6) is -0.316. The maximum Gasteiger partial charge on any atom is 0.323 e. The summed E-state index contributed by atoms with van der Waals surface area (Å²) in [6, 6.07) is 4.43. The topological polar surface area (TPSA) is 74.4 Å². The van der Waals surface area contributed by atoms with Crippen molar-refractivity contribution < 1.29 is 18.7 Å². The van der Waals surface area contributed by atoms with Crippen molar-refractivity contribution in [3.05, 3.63) is 35.3 Å². The highest BCUT2D eigenvalue weighted by Gasteiger charge is 2.20. The number of fused-ring (bicyclic) bond motifs is 1. The molecule has 6 heteroatoms. The molecule has 1 aromatic heterocycles. The summed E-state index contributed by atoms with van der Waals surface area (Å²) in [6.45, 7) is 7.47. The van der Waals surface area contributed by atoms with Crippen molar-refractivity contribution in [3.8, 4) is 5.75 Å². The van der Waals surface area contributed by atoms with E-state index in [0.29, 0.717) is 16.7 Å². The van der Waals surface area contributed by atoms with Crippen LogP contribution in [0.25, 0.3) is 10.9 Å². The van der Waals surface area contributed by atoms with Crippen LogP contribution in [0.2, 0.25) is 0 Å². The van der Waals surface area contributed by atoms with Crippen LogP contribution >= 0.6 is 0 Å². The number of nitrogens with zero attached hydrogens (tertiary/aromatic N) is 1. The molecule has 0 spiro atoms. The molecule has 0 aliphatic heterocycles. The lowest BCUT2D eigenvalue weighted by atomic mass is 10.00. The fourth-order valence-corrected chi connectivity index (χ4v) is 2.39. The molecule has 5 nitrogen and oxygen atoms in total. The molecule has 2 N–H and O–H groups in total. The molecule has 1 atom stereocenters. The van der Waals surface area contributed by atoms with E-state index in [2.05, 4.69) is 18.8 Å². The summed E-state index contributed by atoms with van der Waals surface area (Å²) in [5.41, 5.74) is 7.35. The van der Waals surface area contributed by atoms with E-state index in [0.717, 1.165) is 5.56 Å². The summed E-state index contributed by atoms with van der Waals surface area (Å²) in [7, 11) is 1.55. The van der Waals surface area contributed by atoms with Crippen LogP contribution in [0.15, 0.2) is 18.2 Å². The van der Waals surface area contributed by atoms with Gasteiger partial charge in [0.2, 0.25) is 0 Å². The van der Waals surface area contributed by atoms with Gasteiger partial charge in [-0.1, -0.05) is 27.7 Å². The monoisotopic (exact) mass is 348 g/mol. The molecule has 2 aromatic rings. The number of aromatic nitrogens is 1. The molecule has 0 aliphatic rings. The van der Waals surface area contributed by atoms with Crippen LogP contribution in [0.1, 0.15) is 44.9 Å². The van der Waals surface area contributed by atoms with Crippen molar-refractivity contribution in [3.63, 3.8) is 0 Å². The number of halogens is 1. The number of ether oxygens (including phenoxy) is 2. The van der Waals surface area contributed by atoms with Gasteiger partial charge in [0.05, 0.1) is 7.11 Å². The molecule has 136 valence electrons. The van der Waals surface area contributed by atoms with Gasteiger partial charge in [-0.2, -0.15) is 0 Å². The zero-order valence-electron chi connectivity index (χ0n) is 15.3. The number of carbonyl (C=O) groups excluding carboxylic acids is 1. The van der Waals surface area contributed by atoms with E-state index in [9.17, 15) is 9.18 Å². The van der Waals surface area contributed by atoms with Crippen molar-refractivity contribution in [2.45, 2.75) is 46.3 Å². The fraction of sp³-hybridized carbons (Fsp3) is 0.474. The largest absolute Gasteiger partial charge is 0.494 e. The minimum atomic E-state index is -0.744. The Bertz CT molecular complexity index is 775. The molecule has 1 heterocycles. The predicted molar refractivity (Wildman–Crippen MR) is 95.0 cm³/mol. The van der Waals surface area contributed by atoms with Gasteiger partial charge in [0.15, 0.2) is 0 Å². The van der Waals surface area contributed by atoms with Crippen LogP contribution in [-0.4, -0.2) is 24.1 Å². The highest BCUT2D eigenvalue weighted by Crippen LogP contribution is 2.30. The smallest absolute Gasteiger partial charge is 0.323 e. The van der Waals surface area contributed by atoms with E-state index in [-0.39, 0.29) is 24.1 Å². The predicted octanol–water partition coefficient (Wildman–Crippen LogP) is 3.53. The first-order valence-corrected chi connectivity index (χ1v) is 8.33. The van der Waals surface area contributed by atoms with E-state index < -0.39 is 17.8 Å². The molecule has 0 fully saturated rings. The Morgan fingerprint density at radius 3 is 2.48 bits per heavy atom. The Morgan fingerprint density at radius 2 is 1.92 bits per heavy atom. The fourth-order valence-electron chi connectivity index (χ4n) is 2.39. The average molecular weight is 348 g/mol. The second kappa shape index (κ2) is 7.78. The van der Waals surface area contributed by atoms with Crippen molar-refractivity contribution in [2.24, 2.45) is 11.7 Å². The van der Waals surface area contributed by atoms with Gasteiger partial charge in [-0.15, -0.1) is 0 Å². The minimum absolute atomic E-state index is 0.0485. The molecule has 0 saturated heterocycles. The molecule has 2 rings (SSSR count). The van der Waals surface area contributed by atoms with Crippen molar-refractivity contribution in [1.29, 1.82) is 0 Å². The first kappa shape index (κ1) is 19.1. The van der Waals surface area contributed by atoms with Gasteiger partial charge >= 0.3 is 5.97 Å². The van der Waals surface area contributed by atoms with Crippen LogP contribution in [0.3, 0.4) is 0 Å². The summed E-state index contributed by atoms with van der Waals surface area (Å²) >= 11 is 0. The highest BCUT2D eigenvalue weighted by molar-refractivity contribution is 5.86. The number of carbonyl (C=O) groups is 1. The molecular formula is C19H25FN2O3. The Labute approximate surface area is 147 Å². The molecule has 0 bridgehead atoms. The number of benzene rings is 1. The van der Waals surface area contributed by atoms with Gasteiger partial charge in [0.25, 0.3) is 0 Å². The molecule has 25 heavy (non-hydrogen) atoms. The summed E-state index contributed by atoms with van der Waals surface area (Å²) < 4.78 is 24.9. The number of hydrogen-bond donors (Lipinski definition) is 1. The molecule has 0 amide bonds. The lowest BCUT2D eigenvalue weighted by Gasteiger charge is -2.15. The molecular weight excluding hydrogens is 323 g/mol. The van der Waals surface area contributed by atoms with Gasteiger partial charge < -0.3 is 15.2 Å². The van der Waals surface area contributed by atoms with Crippen molar-refractivity contribution in [1.82, 2.24) is 4.98 Å². The lowest BCUT2D eigenvalue weighted by Crippen LogP contribution is -2.36. The normalized spacial score (nSPS) is 12.7. The molecule has 1 aromatic carbocycles. The number of rotatable bonds is 6. The van der Waals surface area contributed by atoms with E-state index in [1.54, 1.807) is 7.11 Å². The SMILES string of the molecule is COc1cc(C(C)C)cc2cc(F)c(COC(=O)C(N)C(C)C)nc12. The first-order chi connectivity index (χ1) is 11.7. The van der Waals surface area contributed by atoms with Gasteiger partial charge in [0, 0.05) is 5.39 Å². The van der Waals surface area contributed by atoms with Gasteiger partial charge in [-0.25, -0.2) is 9.37 Å². The quantitative estimate of drug-likeness (QED) is 0.808. The Morgan fingerprint density at radius 1 is 1.24 bits per heavy atom. The van der Waals surface area contributed by atoms with Crippen molar-refractivity contribution >= 4 is 16.9 Å². The van der Waals surface area contributed by atoms with E-state index >= 15 is 0 Å². The van der Waals surface area contributed by atoms with Crippen LogP contribution in [-0.2, 0) is 16.1 Å². The molecule has 0 saturated carbocycles. The van der Waals surface area contributed by atoms with Crippen LogP contribution in [0, 0.1) is 11.7 Å². The summed E-state index contributed by atoms with van der Waals surface area (Å²) in [4.78, 5) is 16.2. The average Bonchev–Trinajstić information content (AvgIpc) is 2.57. The summed E-state index contributed by atoms with van der Waals surface area (Å²) in [6.07, 6.45) is 0. The molecule has 0 radical (unpaired) electrons. The number of methoxy groups -OCH3 is 1. The molecule has 0 aliphatic carbocycles. The maximum atomic E-state index is 14.4. The molecule has 1 unspecified atom stereocenters. The van der Waals surface area contributed by atoms with Gasteiger partial charge in [0.1, 0.15) is 35.4 Å². The van der Waals surface area contributed by atoms with Gasteiger partial charge in [-0.3, -0.25) is 4.79 Å². The summed E-state index contributed by atoms with van der Waals surface area (Å²) in [5, 5.41) is 0.648. The first-order valence-electron chi connectivity index (χ1n) is 8.33. The van der Waals surface area contributed by atoms with Crippen molar-refractivity contribution in [2.75, 3.05) is 7.11 Å². The standard InChI is InChI=1S/C19H25FN2O3/c1-10(2)12-6-13-7-14(20)15(22-18(13)16(8-12)24-5)9-25-19(23)17(21)11(3)4/h6-8,10-11,17H,9,21H2,1-5H3. The maximum absolute atomic E-state index is 14.4.